The number of nitrogens with zero attached hydrogens (tertiary/aromatic N) is 2. The van der Waals surface area contributed by atoms with Gasteiger partial charge >= 0.3 is 0 Å². The van der Waals surface area contributed by atoms with Crippen molar-refractivity contribution in [2.75, 3.05) is 18.5 Å². The first-order valence-corrected chi connectivity index (χ1v) is 7.54. The minimum absolute atomic E-state index is 0.660. The summed E-state index contributed by atoms with van der Waals surface area (Å²) in [5, 5.41) is 3.44. The van der Waals surface area contributed by atoms with Crippen LogP contribution in [0.1, 0.15) is 31.0 Å². The number of ether oxygens (including phenoxy) is 2. The van der Waals surface area contributed by atoms with Crippen molar-refractivity contribution in [1.29, 1.82) is 0 Å². The Bertz CT molecular complexity index is 634. The fourth-order valence-corrected chi connectivity index (χ4v) is 2.62. The van der Waals surface area contributed by atoms with E-state index in [9.17, 15) is 0 Å². The smallest absolute Gasteiger partial charge is 0.163 e. The van der Waals surface area contributed by atoms with Crippen LogP contribution in [0.5, 0.6) is 11.5 Å². The molecule has 1 aliphatic carbocycles. The molecular formula is C16H19N3O2. The molecule has 0 amide bonds. The number of hydrogen-bond donors (Lipinski definition) is 1. The Labute approximate surface area is 123 Å². The lowest BCUT2D eigenvalue weighted by atomic mass is 10.2. The third-order valence-electron chi connectivity index (χ3n) is 3.91. The normalized spacial score (nSPS) is 17.3. The second-order valence-electron chi connectivity index (χ2n) is 5.59. The van der Waals surface area contributed by atoms with Gasteiger partial charge in [-0.05, 0) is 25.0 Å². The first-order chi connectivity index (χ1) is 10.4. The molecule has 5 nitrogen and oxygen atoms in total. The molecule has 4 rings (SSSR count). The molecule has 110 valence electrons. The van der Waals surface area contributed by atoms with E-state index < -0.39 is 0 Å². The van der Waals surface area contributed by atoms with Crippen molar-refractivity contribution in [3.63, 3.8) is 0 Å². The molecule has 0 spiro atoms. The molecule has 2 aliphatic rings. The van der Waals surface area contributed by atoms with Crippen LogP contribution in [-0.2, 0) is 6.54 Å². The summed E-state index contributed by atoms with van der Waals surface area (Å²) in [7, 11) is 0. The van der Waals surface area contributed by atoms with Crippen molar-refractivity contribution in [2.45, 2.75) is 31.8 Å². The van der Waals surface area contributed by atoms with Gasteiger partial charge in [0.25, 0.3) is 0 Å². The Hall–Kier alpha value is -2.17. The minimum Gasteiger partial charge on any atom is -0.490 e. The van der Waals surface area contributed by atoms with E-state index >= 15 is 0 Å². The van der Waals surface area contributed by atoms with Gasteiger partial charge in [-0.3, -0.25) is 0 Å². The molecule has 1 saturated carbocycles. The maximum atomic E-state index is 5.72. The zero-order chi connectivity index (χ0) is 14.1. The van der Waals surface area contributed by atoms with E-state index in [1.807, 2.05) is 30.7 Å². The number of aromatic nitrogens is 2. The van der Waals surface area contributed by atoms with Crippen molar-refractivity contribution < 1.29 is 9.47 Å². The minimum atomic E-state index is 0.660. The van der Waals surface area contributed by atoms with E-state index in [1.54, 1.807) is 0 Å². The van der Waals surface area contributed by atoms with Crippen LogP contribution in [-0.4, -0.2) is 22.8 Å². The maximum Gasteiger partial charge on any atom is 0.163 e. The van der Waals surface area contributed by atoms with Crippen molar-refractivity contribution in [3.8, 4) is 11.5 Å². The molecule has 1 aromatic heterocycles. The van der Waals surface area contributed by atoms with E-state index in [1.165, 1.54) is 18.5 Å². The Morgan fingerprint density at radius 3 is 2.90 bits per heavy atom. The lowest BCUT2D eigenvalue weighted by molar-refractivity contribution is 0.297. The van der Waals surface area contributed by atoms with Crippen LogP contribution in [0.15, 0.2) is 30.7 Å². The number of fused-ring (bicyclic) bond motifs is 1. The quantitative estimate of drug-likeness (QED) is 0.938. The third kappa shape index (κ3) is 2.68. The predicted octanol–water partition coefficient (Wildman–Crippen LogP) is 2.99. The van der Waals surface area contributed by atoms with Crippen LogP contribution >= 0.6 is 0 Å². The van der Waals surface area contributed by atoms with Gasteiger partial charge in [-0.1, -0.05) is 0 Å². The molecular weight excluding hydrogens is 266 g/mol. The summed E-state index contributed by atoms with van der Waals surface area (Å²) < 4.78 is 13.6. The number of nitrogens with one attached hydrogen (secondary N) is 1. The standard InChI is InChI=1S/C16H19N3O2/c1-6-20-15-5-2-12(8-16(15)21-7-1)18-10-14-9-17-11-19(14)13-3-4-13/h2,5,8-9,11,13,18H,1,3-4,6-7,10H2. The summed E-state index contributed by atoms with van der Waals surface area (Å²) in [6, 6.07) is 6.68. The second kappa shape index (κ2) is 5.31. The molecule has 2 aromatic rings. The largest absolute Gasteiger partial charge is 0.490 e. The van der Waals surface area contributed by atoms with Crippen molar-refractivity contribution >= 4 is 5.69 Å². The van der Waals surface area contributed by atoms with Crippen LogP contribution in [0.3, 0.4) is 0 Å². The SMILES string of the molecule is c1cc2c(cc1NCc1cncn1C1CC1)OCCCO2. The highest BCUT2D eigenvalue weighted by atomic mass is 16.5. The van der Waals surface area contributed by atoms with Gasteiger partial charge in [0, 0.05) is 30.4 Å². The first kappa shape index (κ1) is 12.6. The third-order valence-corrected chi connectivity index (χ3v) is 3.91. The summed E-state index contributed by atoms with van der Waals surface area (Å²) in [4.78, 5) is 4.26. The zero-order valence-electron chi connectivity index (χ0n) is 11.9. The van der Waals surface area contributed by atoms with E-state index in [2.05, 4.69) is 14.9 Å². The number of anilines is 1. The second-order valence-corrected chi connectivity index (χ2v) is 5.59. The molecule has 5 heteroatoms. The fraction of sp³-hybridized carbons (Fsp3) is 0.438. The number of benzene rings is 1. The average Bonchev–Trinajstić information content (AvgIpc) is 3.28. The molecule has 1 N–H and O–H groups in total. The van der Waals surface area contributed by atoms with E-state index in [-0.39, 0.29) is 0 Å². The number of imidazole rings is 1. The lowest BCUT2D eigenvalue weighted by Crippen LogP contribution is -2.06. The molecule has 1 aliphatic heterocycles. The first-order valence-electron chi connectivity index (χ1n) is 7.54. The Morgan fingerprint density at radius 1 is 1.19 bits per heavy atom. The van der Waals surface area contributed by atoms with Gasteiger partial charge < -0.3 is 19.4 Å². The lowest BCUT2D eigenvalue weighted by Gasteiger charge is -2.12. The van der Waals surface area contributed by atoms with Gasteiger partial charge in [0.2, 0.25) is 0 Å². The molecule has 1 aromatic carbocycles. The van der Waals surface area contributed by atoms with Crippen LogP contribution in [0.2, 0.25) is 0 Å². The molecule has 0 unspecified atom stereocenters. The van der Waals surface area contributed by atoms with Crippen molar-refractivity contribution in [2.24, 2.45) is 0 Å². The van der Waals surface area contributed by atoms with Crippen molar-refractivity contribution in [1.82, 2.24) is 9.55 Å². The molecule has 21 heavy (non-hydrogen) atoms. The Morgan fingerprint density at radius 2 is 2.05 bits per heavy atom. The predicted molar refractivity (Wildman–Crippen MR) is 79.9 cm³/mol. The number of rotatable bonds is 4. The summed E-state index contributed by atoms with van der Waals surface area (Å²) in [5.74, 6) is 1.66. The van der Waals surface area contributed by atoms with Crippen LogP contribution < -0.4 is 14.8 Å². The Kier molecular flexibility index (Phi) is 3.18. The van der Waals surface area contributed by atoms with Crippen LogP contribution in [0.4, 0.5) is 5.69 Å². The summed E-state index contributed by atoms with van der Waals surface area (Å²) in [6.45, 7) is 2.21. The Balaban J connectivity index is 1.47. The molecule has 0 radical (unpaired) electrons. The van der Waals surface area contributed by atoms with Gasteiger partial charge in [0.05, 0.1) is 31.8 Å². The fourth-order valence-electron chi connectivity index (χ4n) is 2.62. The van der Waals surface area contributed by atoms with Crippen LogP contribution in [0, 0.1) is 0 Å². The molecule has 0 bridgehead atoms. The van der Waals surface area contributed by atoms with E-state index in [0.717, 1.165) is 36.8 Å². The highest BCUT2D eigenvalue weighted by Crippen LogP contribution is 2.36. The zero-order valence-corrected chi connectivity index (χ0v) is 11.9. The molecule has 1 fully saturated rings. The summed E-state index contributed by atoms with van der Waals surface area (Å²) >= 11 is 0. The average molecular weight is 285 g/mol. The maximum absolute atomic E-state index is 5.72. The van der Waals surface area contributed by atoms with Crippen molar-refractivity contribution in [3.05, 3.63) is 36.4 Å². The van der Waals surface area contributed by atoms with Gasteiger partial charge in [-0.25, -0.2) is 4.98 Å². The highest BCUT2D eigenvalue weighted by Gasteiger charge is 2.25. The van der Waals surface area contributed by atoms with Gasteiger partial charge in [-0.15, -0.1) is 0 Å². The van der Waals surface area contributed by atoms with E-state index in [4.69, 9.17) is 9.47 Å². The number of hydrogen-bond acceptors (Lipinski definition) is 4. The summed E-state index contributed by atoms with van der Waals surface area (Å²) in [5.41, 5.74) is 2.27. The molecule has 0 atom stereocenters. The topological polar surface area (TPSA) is 48.3 Å². The van der Waals surface area contributed by atoms with Crippen LogP contribution in [0.25, 0.3) is 0 Å². The van der Waals surface area contributed by atoms with Gasteiger partial charge in [0.1, 0.15) is 0 Å². The van der Waals surface area contributed by atoms with E-state index in [0.29, 0.717) is 12.6 Å². The molecule has 0 saturated heterocycles. The molecule has 2 heterocycles. The van der Waals surface area contributed by atoms with Gasteiger partial charge in [0.15, 0.2) is 11.5 Å². The van der Waals surface area contributed by atoms with Gasteiger partial charge in [-0.2, -0.15) is 0 Å². The monoisotopic (exact) mass is 285 g/mol. The highest BCUT2D eigenvalue weighted by molar-refractivity contribution is 5.55. The summed E-state index contributed by atoms with van der Waals surface area (Å²) in [6.07, 6.45) is 7.34.